The van der Waals surface area contributed by atoms with Crippen molar-refractivity contribution in [2.24, 2.45) is 0 Å². The fourth-order valence-electron chi connectivity index (χ4n) is 2.02. The van der Waals surface area contributed by atoms with Gasteiger partial charge in [0.2, 0.25) is 6.39 Å². The van der Waals surface area contributed by atoms with Crippen molar-refractivity contribution >= 4 is 15.9 Å². The Morgan fingerprint density at radius 1 is 1.25 bits per heavy atom. The van der Waals surface area contributed by atoms with Gasteiger partial charge < -0.3 is 9.84 Å². The van der Waals surface area contributed by atoms with Gasteiger partial charge in [-0.05, 0) is 25.1 Å². The highest BCUT2D eigenvalue weighted by Crippen LogP contribution is 2.16. The fourth-order valence-corrected chi connectivity index (χ4v) is 3.22. The van der Waals surface area contributed by atoms with Gasteiger partial charge >= 0.3 is 0 Å². The first-order chi connectivity index (χ1) is 11.5. The summed E-state index contributed by atoms with van der Waals surface area (Å²) < 4.78 is 30.6. The summed E-state index contributed by atoms with van der Waals surface area (Å²) in [5.41, 5.74) is 1.18. The second-order valence-corrected chi connectivity index (χ2v) is 6.92. The Bertz CT molecular complexity index is 944. The molecule has 0 unspecified atom stereocenters. The molecule has 0 spiro atoms. The molecular formula is C15H14N4O4S. The van der Waals surface area contributed by atoms with E-state index in [0.29, 0.717) is 5.82 Å². The van der Waals surface area contributed by atoms with E-state index < -0.39 is 15.9 Å². The highest BCUT2D eigenvalue weighted by molar-refractivity contribution is 7.90. The van der Waals surface area contributed by atoms with Gasteiger partial charge in [0.05, 0.1) is 17.0 Å². The van der Waals surface area contributed by atoms with E-state index >= 15 is 0 Å². The van der Waals surface area contributed by atoms with Crippen molar-refractivity contribution in [3.8, 4) is 0 Å². The summed E-state index contributed by atoms with van der Waals surface area (Å²) in [5.74, 6) is -0.104. The van der Waals surface area contributed by atoms with Crippen LogP contribution in [0.4, 0.5) is 0 Å². The minimum absolute atomic E-state index is 0.0885. The van der Waals surface area contributed by atoms with E-state index in [-0.39, 0.29) is 17.0 Å². The molecule has 0 saturated heterocycles. The van der Waals surface area contributed by atoms with Crippen molar-refractivity contribution in [1.29, 1.82) is 0 Å². The predicted octanol–water partition coefficient (Wildman–Crippen LogP) is 1.35. The van der Waals surface area contributed by atoms with E-state index in [4.69, 9.17) is 0 Å². The maximum Gasteiger partial charge on any atom is 0.267 e. The summed E-state index contributed by atoms with van der Waals surface area (Å²) >= 11 is 0. The zero-order valence-corrected chi connectivity index (χ0v) is 13.5. The van der Waals surface area contributed by atoms with Crippen molar-refractivity contribution in [3.05, 3.63) is 66.1 Å². The first kappa shape index (κ1) is 15.9. The summed E-state index contributed by atoms with van der Waals surface area (Å²) in [5, 5.41) is 6.15. The number of amides is 1. The number of aryl methyl sites for hydroxylation is 1. The number of nitrogens with zero attached hydrogens (tertiary/aromatic N) is 3. The lowest BCUT2D eigenvalue weighted by atomic mass is 10.2. The van der Waals surface area contributed by atoms with Crippen LogP contribution in [0.1, 0.15) is 21.7 Å². The van der Waals surface area contributed by atoms with Crippen molar-refractivity contribution in [2.45, 2.75) is 18.4 Å². The minimum atomic E-state index is -3.73. The molecular weight excluding hydrogens is 332 g/mol. The first-order valence-electron chi connectivity index (χ1n) is 7.00. The second-order valence-electron chi connectivity index (χ2n) is 5.08. The molecule has 1 N–H and O–H groups in total. The summed E-state index contributed by atoms with van der Waals surface area (Å²) in [6.07, 6.45) is 3.76. The third kappa shape index (κ3) is 3.20. The van der Waals surface area contributed by atoms with E-state index in [2.05, 4.69) is 20.0 Å². The minimum Gasteiger partial charge on any atom is -0.345 e. The predicted molar refractivity (Wildman–Crippen MR) is 83.7 cm³/mol. The Hall–Kier alpha value is -2.94. The summed E-state index contributed by atoms with van der Waals surface area (Å²) in [6.45, 7) is 1.96. The highest BCUT2D eigenvalue weighted by Gasteiger charge is 2.18. The van der Waals surface area contributed by atoms with Gasteiger partial charge in [-0.15, -0.1) is 0 Å². The van der Waals surface area contributed by atoms with Gasteiger partial charge in [0, 0.05) is 12.4 Å². The average Bonchev–Trinajstić information content (AvgIpc) is 3.25. The van der Waals surface area contributed by atoms with Gasteiger partial charge in [0.25, 0.3) is 15.9 Å². The molecule has 2 aromatic heterocycles. The molecule has 0 fully saturated rings. The van der Waals surface area contributed by atoms with Gasteiger partial charge in [-0.2, -0.15) is 4.98 Å². The van der Waals surface area contributed by atoms with Crippen LogP contribution in [0.25, 0.3) is 0 Å². The highest BCUT2D eigenvalue weighted by atomic mass is 32.2. The summed E-state index contributed by atoms with van der Waals surface area (Å²) in [6, 6.07) is 7.92. The van der Waals surface area contributed by atoms with Crippen LogP contribution in [0.3, 0.4) is 0 Å². The van der Waals surface area contributed by atoms with Gasteiger partial charge in [0.15, 0.2) is 5.82 Å². The van der Waals surface area contributed by atoms with Crippen LogP contribution in [0, 0.1) is 6.92 Å². The molecule has 124 valence electrons. The van der Waals surface area contributed by atoms with E-state index in [0.717, 1.165) is 15.9 Å². The van der Waals surface area contributed by atoms with Crippen LogP contribution in [-0.4, -0.2) is 28.4 Å². The summed E-state index contributed by atoms with van der Waals surface area (Å²) in [4.78, 5) is 16.0. The topological polar surface area (TPSA) is 107 Å². The Morgan fingerprint density at radius 3 is 2.67 bits per heavy atom. The van der Waals surface area contributed by atoms with E-state index in [9.17, 15) is 13.2 Å². The Balaban J connectivity index is 1.77. The third-order valence-corrected chi connectivity index (χ3v) is 4.99. The Labute approximate surface area is 138 Å². The molecule has 0 radical (unpaired) electrons. The number of aromatic nitrogens is 3. The Morgan fingerprint density at radius 2 is 2.00 bits per heavy atom. The number of carbonyl (C=O) groups is 1. The third-order valence-electron chi connectivity index (χ3n) is 3.34. The molecule has 1 amide bonds. The van der Waals surface area contributed by atoms with Crippen LogP contribution in [-0.2, 0) is 16.6 Å². The normalized spacial score (nSPS) is 11.4. The lowest BCUT2D eigenvalue weighted by Gasteiger charge is -2.06. The quantitative estimate of drug-likeness (QED) is 0.747. The maximum absolute atomic E-state index is 12.5. The van der Waals surface area contributed by atoms with Crippen LogP contribution in [0.2, 0.25) is 0 Å². The number of nitrogens with one attached hydrogen (secondary N) is 1. The first-order valence-corrected chi connectivity index (χ1v) is 8.44. The molecule has 24 heavy (non-hydrogen) atoms. The summed E-state index contributed by atoms with van der Waals surface area (Å²) in [7, 11) is -3.73. The number of hydrogen-bond acceptors (Lipinski definition) is 6. The molecule has 2 heterocycles. The van der Waals surface area contributed by atoms with Gasteiger partial charge in [-0.25, -0.2) is 12.4 Å². The lowest BCUT2D eigenvalue weighted by molar-refractivity contribution is 0.0950. The van der Waals surface area contributed by atoms with Crippen LogP contribution in [0.15, 0.2) is 58.5 Å². The number of benzene rings is 1. The molecule has 0 aliphatic carbocycles. The zero-order chi connectivity index (χ0) is 17.2. The van der Waals surface area contributed by atoms with Crippen molar-refractivity contribution < 1.29 is 17.7 Å². The van der Waals surface area contributed by atoms with E-state index in [1.165, 1.54) is 30.6 Å². The molecule has 0 saturated carbocycles. The maximum atomic E-state index is 12.5. The lowest BCUT2D eigenvalue weighted by Crippen LogP contribution is -2.23. The molecule has 8 nitrogen and oxygen atoms in total. The largest absolute Gasteiger partial charge is 0.345 e. The number of rotatable bonds is 5. The number of carbonyl (C=O) groups excluding carboxylic acids is 1. The molecule has 0 bridgehead atoms. The molecule has 9 heteroatoms. The van der Waals surface area contributed by atoms with Crippen molar-refractivity contribution in [2.75, 3.05) is 0 Å². The second kappa shape index (κ2) is 6.28. The molecule has 0 aliphatic rings. The van der Waals surface area contributed by atoms with Gasteiger partial charge in [0.1, 0.15) is 0 Å². The Kier molecular flexibility index (Phi) is 4.17. The van der Waals surface area contributed by atoms with E-state index in [1.54, 1.807) is 12.1 Å². The molecule has 0 aliphatic heterocycles. The molecule has 3 aromatic rings. The van der Waals surface area contributed by atoms with Gasteiger partial charge in [-0.1, -0.05) is 22.9 Å². The van der Waals surface area contributed by atoms with Crippen molar-refractivity contribution in [3.63, 3.8) is 0 Å². The van der Waals surface area contributed by atoms with Gasteiger partial charge in [-0.3, -0.25) is 4.79 Å². The number of hydrogen-bond donors (Lipinski definition) is 1. The molecule has 0 atom stereocenters. The molecule has 3 rings (SSSR count). The molecule has 1 aromatic carbocycles. The average molecular weight is 346 g/mol. The monoisotopic (exact) mass is 346 g/mol. The zero-order valence-electron chi connectivity index (χ0n) is 12.7. The van der Waals surface area contributed by atoms with Crippen LogP contribution < -0.4 is 5.32 Å². The smallest absolute Gasteiger partial charge is 0.267 e. The van der Waals surface area contributed by atoms with Crippen molar-refractivity contribution in [1.82, 2.24) is 19.4 Å². The SMILES string of the molecule is Cc1ccc(S(=O)(=O)n2ccc(C(=O)NCc3ncon3)c2)cc1. The standard InChI is InChI=1S/C15H14N4O4S/c1-11-2-4-13(5-3-11)24(21,22)19-7-6-12(9-19)15(20)16-8-14-17-10-23-18-14/h2-7,9-10H,8H2,1H3,(H,16,20). The fraction of sp³-hybridized carbons (Fsp3) is 0.133. The van der Waals surface area contributed by atoms with Crippen LogP contribution >= 0.6 is 0 Å². The van der Waals surface area contributed by atoms with E-state index in [1.807, 2.05) is 6.92 Å². The van der Waals surface area contributed by atoms with Crippen LogP contribution in [0.5, 0.6) is 0 Å².